The third-order valence-electron chi connectivity index (χ3n) is 2.36. The van der Waals surface area contributed by atoms with Crippen LogP contribution in [0, 0.1) is 6.92 Å². The molecule has 0 aliphatic rings. The van der Waals surface area contributed by atoms with E-state index in [1.807, 2.05) is 0 Å². The second-order valence-electron chi connectivity index (χ2n) is 4.35. The first-order valence-electron chi connectivity index (χ1n) is 5.71. The Hall–Kier alpha value is -1.80. The highest BCUT2D eigenvalue weighted by molar-refractivity contribution is 7.89. The number of anilines is 1. The van der Waals surface area contributed by atoms with Gasteiger partial charge in [0.1, 0.15) is 5.01 Å². The summed E-state index contributed by atoms with van der Waals surface area (Å²) in [6.45, 7) is 1.79. The van der Waals surface area contributed by atoms with Crippen LogP contribution in [0.1, 0.15) is 20.9 Å². The monoisotopic (exact) mass is 311 g/mol. The molecule has 0 atom stereocenters. The van der Waals surface area contributed by atoms with E-state index in [9.17, 15) is 13.2 Å². The lowest BCUT2D eigenvalue weighted by atomic mass is 10.1. The molecular weight excluding hydrogens is 298 g/mol. The summed E-state index contributed by atoms with van der Waals surface area (Å²) in [6, 6.07) is 6.51. The van der Waals surface area contributed by atoms with E-state index < -0.39 is 9.84 Å². The first kappa shape index (κ1) is 14.6. The summed E-state index contributed by atoms with van der Waals surface area (Å²) in [7, 11) is -3.13. The van der Waals surface area contributed by atoms with E-state index in [1.165, 1.54) is 11.3 Å². The zero-order valence-electron chi connectivity index (χ0n) is 11.0. The molecule has 0 unspecified atom stereocenters. The first-order chi connectivity index (χ1) is 9.33. The minimum absolute atomic E-state index is 0.0912. The number of nitrogens with one attached hydrogen (secondary N) is 1. The van der Waals surface area contributed by atoms with Crippen molar-refractivity contribution in [3.05, 3.63) is 40.4 Å². The molecule has 20 heavy (non-hydrogen) atoms. The summed E-state index contributed by atoms with van der Waals surface area (Å²) in [5.41, 5.74) is 0.965. The zero-order valence-corrected chi connectivity index (χ0v) is 12.6. The van der Waals surface area contributed by atoms with Crippen LogP contribution in [0.2, 0.25) is 0 Å². The number of aromatic nitrogens is 2. The van der Waals surface area contributed by atoms with Gasteiger partial charge in [-0.1, -0.05) is 23.5 Å². The molecule has 106 valence electrons. The van der Waals surface area contributed by atoms with Crippen molar-refractivity contribution in [2.24, 2.45) is 0 Å². The molecule has 8 heteroatoms. The number of hydrogen-bond acceptors (Lipinski definition) is 6. The molecule has 2 aromatic rings. The van der Waals surface area contributed by atoms with E-state index >= 15 is 0 Å². The largest absolute Gasteiger partial charge is 0.296 e. The maximum atomic E-state index is 12.0. The Morgan fingerprint density at radius 3 is 2.70 bits per heavy atom. The number of hydrogen-bond donors (Lipinski definition) is 1. The maximum absolute atomic E-state index is 12.0. The Bertz CT molecular complexity index is 738. The Morgan fingerprint density at radius 2 is 2.10 bits per heavy atom. The SMILES string of the molecule is Cc1nnc(NC(=O)c2cccc(CS(C)(=O)=O)c2)s1. The molecule has 1 amide bonds. The molecule has 0 spiro atoms. The van der Waals surface area contributed by atoms with Gasteiger partial charge in [-0.15, -0.1) is 10.2 Å². The van der Waals surface area contributed by atoms with Crippen LogP contribution in [0.5, 0.6) is 0 Å². The van der Waals surface area contributed by atoms with Gasteiger partial charge in [0.2, 0.25) is 5.13 Å². The van der Waals surface area contributed by atoms with Crippen LogP contribution in [0.4, 0.5) is 5.13 Å². The fourth-order valence-electron chi connectivity index (χ4n) is 1.62. The number of carbonyl (C=O) groups excluding carboxylic acids is 1. The van der Waals surface area contributed by atoms with Crippen molar-refractivity contribution < 1.29 is 13.2 Å². The molecule has 0 bridgehead atoms. The number of sulfone groups is 1. The molecule has 1 N–H and O–H groups in total. The molecule has 1 aromatic carbocycles. The summed E-state index contributed by atoms with van der Waals surface area (Å²) in [6.07, 6.45) is 1.16. The van der Waals surface area contributed by atoms with Gasteiger partial charge in [-0.3, -0.25) is 10.1 Å². The van der Waals surface area contributed by atoms with E-state index in [-0.39, 0.29) is 11.7 Å². The standard InChI is InChI=1S/C12H13N3O3S2/c1-8-14-15-12(19-8)13-11(16)10-5-3-4-9(6-10)7-20(2,17)18/h3-6H,7H2,1-2H3,(H,13,15,16). The molecule has 1 aromatic heterocycles. The fourth-order valence-corrected chi connectivity index (χ4v) is 2.99. The molecular formula is C12H13N3O3S2. The number of benzene rings is 1. The molecule has 0 aliphatic carbocycles. The van der Waals surface area contributed by atoms with E-state index in [2.05, 4.69) is 15.5 Å². The van der Waals surface area contributed by atoms with E-state index in [1.54, 1.807) is 31.2 Å². The van der Waals surface area contributed by atoms with Crippen molar-refractivity contribution in [1.29, 1.82) is 0 Å². The highest BCUT2D eigenvalue weighted by Crippen LogP contribution is 2.16. The lowest BCUT2D eigenvalue weighted by Gasteiger charge is -2.04. The number of rotatable bonds is 4. The summed E-state index contributed by atoms with van der Waals surface area (Å²) < 4.78 is 22.5. The second kappa shape index (κ2) is 5.68. The van der Waals surface area contributed by atoms with Crippen LogP contribution in [0.25, 0.3) is 0 Å². The van der Waals surface area contributed by atoms with Gasteiger partial charge in [0.15, 0.2) is 9.84 Å². The van der Waals surface area contributed by atoms with Gasteiger partial charge in [0.25, 0.3) is 5.91 Å². The number of aryl methyl sites for hydroxylation is 1. The van der Waals surface area contributed by atoms with E-state index in [0.29, 0.717) is 16.3 Å². The average molecular weight is 311 g/mol. The van der Waals surface area contributed by atoms with Gasteiger partial charge in [0.05, 0.1) is 5.75 Å². The van der Waals surface area contributed by atoms with Gasteiger partial charge in [-0.05, 0) is 24.6 Å². The first-order valence-corrected chi connectivity index (χ1v) is 8.59. The summed E-state index contributed by atoms with van der Waals surface area (Å²) in [5.74, 6) is -0.428. The molecule has 1 heterocycles. The minimum atomic E-state index is -3.13. The van der Waals surface area contributed by atoms with Crippen molar-refractivity contribution >= 4 is 32.2 Å². The lowest BCUT2D eigenvalue weighted by Crippen LogP contribution is -2.12. The van der Waals surface area contributed by atoms with Crippen molar-refractivity contribution in [2.45, 2.75) is 12.7 Å². The van der Waals surface area contributed by atoms with Gasteiger partial charge in [0, 0.05) is 11.8 Å². The highest BCUT2D eigenvalue weighted by Gasteiger charge is 2.11. The molecule has 0 saturated carbocycles. The lowest BCUT2D eigenvalue weighted by molar-refractivity contribution is 0.102. The Kier molecular flexibility index (Phi) is 4.15. The van der Waals surface area contributed by atoms with Crippen LogP contribution in [-0.4, -0.2) is 30.8 Å². The summed E-state index contributed by atoms with van der Waals surface area (Å²) in [5, 5.41) is 11.4. The second-order valence-corrected chi connectivity index (χ2v) is 7.67. The Balaban J connectivity index is 2.16. The molecule has 0 radical (unpaired) electrons. The quantitative estimate of drug-likeness (QED) is 0.927. The number of amides is 1. The van der Waals surface area contributed by atoms with Gasteiger partial charge < -0.3 is 0 Å². The predicted octanol–water partition coefficient (Wildman–Crippen LogP) is 1.64. The molecule has 2 rings (SSSR count). The minimum Gasteiger partial charge on any atom is -0.296 e. The van der Waals surface area contributed by atoms with Gasteiger partial charge >= 0.3 is 0 Å². The van der Waals surface area contributed by atoms with Crippen molar-refractivity contribution in [1.82, 2.24) is 10.2 Å². The van der Waals surface area contributed by atoms with Crippen LogP contribution < -0.4 is 5.32 Å². The Labute approximate surface area is 120 Å². The van der Waals surface area contributed by atoms with Gasteiger partial charge in [-0.25, -0.2) is 8.42 Å². The zero-order chi connectivity index (χ0) is 14.8. The van der Waals surface area contributed by atoms with Crippen molar-refractivity contribution in [3.63, 3.8) is 0 Å². The molecule has 6 nitrogen and oxygen atoms in total. The van der Waals surface area contributed by atoms with Crippen molar-refractivity contribution in [2.75, 3.05) is 11.6 Å². The molecule has 0 aliphatic heterocycles. The third kappa shape index (κ3) is 4.10. The van der Waals surface area contributed by atoms with Crippen LogP contribution in [0.15, 0.2) is 24.3 Å². The maximum Gasteiger partial charge on any atom is 0.257 e. The smallest absolute Gasteiger partial charge is 0.257 e. The summed E-state index contributed by atoms with van der Waals surface area (Å²) in [4.78, 5) is 12.0. The molecule has 0 fully saturated rings. The topological polar surface area (TPSA) is 89.0 Å². The number of nitrogens with zero attached hydrogens (tertiary/aromatic N) is 2. The average Bonchev–Trinajstić information content (AvgIpc) is 2.73. The van der Waals surface area contributed by atoms with E-state index in [4.69, 9.17) is 0 Å². The van der Waals surface area contributed by atoms with Crippen LogP contribution in [0.3, 0.4) is 0 Å². The number of carbonyl (C=O) groups is 1. The normalized spacial score (nSPS) is 11.3. The molecule has 0 saturated heterocycles. The highest BCUT2D eigenvalue weighted by atomic mass is 32.2. The predicted molar refractivity (Wildman–Crippen MR) is 77.6 cm³/mol. The van der Waals surface area contributed by atoms with E-state index in [0.717, 1.165) is 11.3 Å². The van der Waals surface area contributed by atoms with Crippen molar-refractivity contribution in [3.8, 4) is 0 Å². The van der Waals surface area contributed by atoms with Crippen LogP contribution in [-0.2, 0) is 15.6 Å². The van der Waals surface area contributed by atoms with Crippen LogP contribution >= 0.6 is 11.3 Å². The third-order valence-corrected chi connectivity index (χ3v) is 3.98. The Morgan fingerprint density at radius 1 is 1.35 bits per heavy atom. The van der Waals surface area contributed by atoms with Gasteiger partial charge in [-0.2, -0.15) is 0 Å². The fraction of sp³-hybridized carbons (Fsp3) is 0.250. The summed E-state index contributed by atoms with van der Waals surface area (Å²) >= 11 is 1.27.